The van der Waals surface area contributed by atoms with Crippen molar-refractivity contribution < 1.29 is 5.11 Å². The molecule has 1 saturated heterocycles. The first-order valence-corrected chi connectivity index (χ1v) is 8.97. The first-order chi connectivity index (χ1) is 12.2. The Morgan fingerprint density at radius 2 is 2.00 bits per heavy atom. The summed E-state index contributed by atoms with van der Waals surface area (Å²) >= 11 is 0. The maximum absolute atomic E-state index is 10.8. The van der Waals surface area contributed by atoms with Gasteiger partial charge >= 0.3 is 0 Å². The van der Waals surface area contributed by atoms with Gasteiger partial charge in [0.2, 0.25) is 0 Å². The quantitative estimate of drug-likeness (QED) is 0.793. The van der Waals surface area contributed by atoms with Gasteiger partial charge in [0, 0.05) is 42.6 Å². The summed E-state index contributed by atoms with van der Waals surface area (Å²) in [5.41, 5.74) is 2.83. The number of rotatable bonds is 4. The summed E-state index contributed by atoms with van der Waals surface area (Å²) in [5.74, 6) is 1.13. The highest BCUT2D eigenvalue weighted by Gasteiger charge is 2.19. The van der Waals surface area contributed by atoms with Crippen LogP contribution in [-0.4, -0.2) is 37.6 Å². The van der Waals surface area contributed by atoms with E-state index in [0.29, 0.717) is 11.3 Å². The summed E-state index contributed by atoms with van der Waals surface area (Å²) in [6.07, 6.45) is 9.77. The van der Waals surface area contributed by atoms with Crippen LogP contribution < -0.4 is 0 Å². The first kappa shape index (κ1) is 16.1. The highest BCUT2D eigenvalue weighted by molar-refractivity contribution is 5.88. The molecule has 0 bridgehead atoms. The van der Waals surface area contributed by atoms with Gasteiger partial charge in [0.15, 0.2) is 0 Å². The smallest absolute Gasteiger partial charge is 0.146 e. The number of imidazole rings is 1. The molecule has 5 heteroatoms. The molecule has 0 atom stereocenters. The average molecular weight is 336 g/mol. The molecule has 0 radical (unpaired) electrons. The second-order valence-electron chi connectivity index (χ2n) is 7.14. The van der Waals surface area contributed by atoms with Crippen molar-refractivity contribution in [2.45, 2.75) is 32.9 Å². The Labute approximate surface area is 147 Å². The molecule has 0 amide bonds. The normalized spacial score (nSPS) is 16.5. The largest absolute Gasteiger partial charge is 0.505 e. The SMILES string of the molecule is CC1CCN(Cc2cc(Cn3ccnc3)c3cccnc3c2O)CC1. The van der Waals surface area contributed by atoms with Crippen LogP contribution in [0.2, 0.25) is 0 Å². The molecule has 130 valence electrons. The van der Waals surface area contributed by atoms with Gasteiger partial charge in [-0.15, -0.1) is 0 Å². The molecule has 1 N–H and O–H groups in total. The molecule has 2 aromatic heterocycles. The van der Waals surface area contributed by atoms with Crippen LogP contribution >= 0.6 is 0 Å². The number of nitrogens with zero attached hydrogens (tertiary/aromatic N) is 4. The number of hydrogen-bond acceptors (Lipinski definition) is 4. The van der Waals surface area contributed by atoms with E-state index in [1.807, 2.05) is 29.2 Å². The van der Waals surface area contributed by atoms with Gasteiger partial charge < -0.3 is 9.67 Å². The lowest BCUT2D eigenvalue weighted by Crippen LogP contribution is -2.32. The van der Waals surface area contributed by atoms with Crippen molar-refractivity contribution in [1.82, 2.24) is 19.4 Å². The number of aromatic hydroxyl groups is 1. The monoisotopic (exact) mass is 336 g/mol. The van der Waals surface area contributed by atoms with Crippen molar-refractivity contribution in [3.05, 3.63) is 54.2 Å². The van der Waals surface area contributed by atoms with Gasteiger partial charge in [0.05, 0.1) is 6.33 Å². The fourth-order valence-corrected chi connectivity index (χ4v) is 3.65. The number of piperidine rings is 1. The molecule has 0 saturated carbocycles. The van der Waals surface area contributed by atoms with Crippen LogP contribution in [0.4, 0.5) is 0 Å². The van der Waals surface area contributed by atoms with Gasteiger partial charge in [0.1, 0.15) is 11.3 Å². The van der Waals surface area contributed by atoms with Crippen molar-refractivity contribution in [1.29, 1.82) is 0 Å². The number of aromatic nitrogens is 3. The van der Waals surface area contributed by atoms with Crippen molar-refractivity contribution in [3.8, 4) is 5.75 Å². The number of pyridine rings is 1. The Bertz CT molecular complexity index is 852. The molecule has 1 aliphatic rings. The lowest BCUT2D eigenvalue weighted by atomic mass is 9.97. The van der Waals surface area contributed by atoms with Crippen LogP contribution in [0.3, 0.4) is 0 Å². The minimum Gasteiger partial charge on any atom is -0.505 e. The minimum absolute atomic E-state index is 0.323. The maximum Gasteiger partial charge on any atom is 0.146 e. The van der Waals surface area contributed by atoms with Gasteiger partial charge in [0.25, 0.3) is 0 Å². The third kappa shape index (κ3) is 3.37. The fourth-order valence-electron chi connectivity index (χ4n) is 3.65. The Morgan fingerprint density at radius 3 is 2.76 bits per heavy atom. The third-order valence-corrected chi connectivity index (χ3v) is 5.21. The van der Waals surface area contributed by atoms with E-state index >= 15 is 0 Å². The number of phenols is 1. The van der Waals surface area contributed by atoms with Crippen LogP contribution in [-0.2, 0) is 13.1 Å². The molecule has 0 spiro atoms. The van der Waals surface area contributed by atoms with Crippen LogP contribution in [0.25, 0.3) is 10.9 Å². The van der Waals surface area contributed by atoms with Crippen LogP contribution in [0, 0.1) is 5.92 Å². The van der Waals surface area contributed by atoms with Gasteiger partial charge in [-0.25, -0.2) is 4.98 Å². The molecule has 5 nitrogen and oxygen atoms in total. The van der Waals surface area contributed by atoms with Crippen LogP contribution in [0.1, 0.15) is 30.9 Å². The molecule has 1 fully saturated rings. The van der Waals surface area contributed by atoms with Crippen molar-refractivity contribution in [2.24, 2.45) is 5.92 Å². The summed E-state index contributed by atoms with van der Waals surface area (Å²) in [6, 6.07) is 6.09. The maximum atomic E-state index is 10.8. The van der Waals surface area contributed by atoms with E-state index in [9.17, 15) is 5.11 Å². The molecular weight excluding hydrogens is 312 g/mol. The van der Waals surface area contributed by atoms with Crippen LogP contribution in [0.15, 0.2) is 43.1 Å². The summed E-state index contributed by atoms with van der Waals surface area (Å²) in [4.78, 5) is 11.0. The molecule has 25 heavy (non-hydrogen) atoms. The van der Waals surface area contributed by atoms with E-state index in [-0.39, 0.29) is 0 Å². The number of benzene rings is 1. The summed E-state index contributed by atoms with van der Waals surface area (Å²) in [6.45, 7) is 6.02. The predicted octanol–water partition coefficient (Wildman–Crippen LogP) is 3.42. The molecular formula is C20H24N4O. The fraction of sp³-hybridized carbons (Fsp3) is 0.400. The zero-order valence-corrected chi connectivity index (χ0v) is 14.6. The van der Waals surface area contributed by atoms with E-state index in [4.69, 9.17) is 0 Å². The molecule has 0 unspecified atom stereocenters. The second-order valence-corrected chi connectivity index (χ2v) is 7.14. The van der Waals surface area contributed by atoms with Crippen LogP contribution in [0.5, 0.6) is 5.75 Å². The molecule has 3 heterocycles. The summed E-state index contributed by atoms with van der Waals surface area (Å²) in [7, 11) is 0. The van der Waals surface area contributed by atoms with Gasteiger partial charge in [-0.05, 0) is 49.5 Å². The topological polar surface area (TPSA) is 54.2 Å². The summed E-state index contributed by atoms with van der Waals surface area (Å²) in [5, 5.41) is 11.8. The third-order valence-electron chi connectivity index (χ3n) is 5.21. The Balaban J connectivity index is 1.69. The van der Waals surface area contributed by atoms with Gasteiger partial charge in [-0.1, -0.05) is 13.0 Å². The predicted molar refractivity (Wildman–Crippen MR) is 98.4 cm³/mol. The Morgan fingerprint density at radius 1 is 1.16 bits per heavy atom. The first-order valence-electron chi connectivity index (χ1n) is 8.97. The zero-order valence-electron chi connectivity index (χ0n) is 14.6. The number of likely N-dealkylation sites (tertiary alicyclic amines) is 1. The van der Waals surface area contributed by atoms with E-state index in [2.05, 4.69) is 27.9 Å². The molecule has 1 aliphatic heterocycles. The lowest BCUT2D eigenvalue weighted by Gasteiger charge is -2.30. The van der Waals surface area contributed by atoms with E-state index < -0.39 is 0 Å². The zero-order chi connectivity index (χ0) is 17.2. The Hall–Kier alpha value is -2.40. The minimum atomic E-state index is 0.323. The summed E-state index contributed by atoms with van der Waals surface area (Å²) < 4.78 is 2.05. The standard InChI is InChI=1S/C20H24N4O/c1-15-4-8-23(9-5-15)13-17-11-16(12-24-10-7-21-14-24)18-3-2-6-22-19(18)20(17)25/h2-3,6-7,10-11,14-15,25H,4-5,8-9,12-13H2,1H3. The van der Waals surface area contributed by atoms with E-state index in [1.54, 1.807) is 12.4 Å². The number of fused-ring (bicyclic) bond motifs is 1. The van der Waals surface area contributed by atoms with E-state index in [1.165, 1.54) is 18.4 Å². The lowest BCUT2D eigenvalue weighted by molar-refractivity contribution is 0.184. The van der Waals surface area contributed by atoms with Crippen molar-refractivity contribution >= 4 is 10.9 Å². The van der Waals surface area contributed by atoms with Gasteiger partial charge in [-0.3, -0.25) is 9.88 Å². The van der Waals surface area contributed by atoms with E-state index in [0.717, 1.165) is 43.0 Å². The molecule has 0 aliphatic carbocycles. The number of phenolic OH excluding ortho intramolecular Hbond substituents is 1. The van der Waals surface area contributed by atoms with Crippen molar-refractivity contribution in [2.75, 3.05) is 13.1 Å². The number of hydrogen-bond donors (Lipinski definition) is 1. The average Bonchev–Trinajstić information content (AvgIpc) is 3.14. The highest BCUT2D eigenvalue weighted by atomic mass is 16.3. The second kappa shape index (κ2) is 6.84. The van der Waals surface area contributed by atoms with Gasteiger partial charge in [-0.2, -0.15) is 0 Å². The highest BCUT2D eigenvalue weighted by Crippen LogP contribution is 2.32. The Kier molecular flexibility index (Phi) is 4.40. The molecule has 4 rings (SSSR count). The van der Waals surface area contributed by atoms with Crippen molar-refractivity contribution in [3.63, 3.8) is 0 Å². The molecule has 3 aromatic rings. The molecule has 1 aromatic carbocycles.